The van der Waals surface area contributed by atoms with E-state index in [9.17, 15) is 8.42 Å². The number of hydrogen-bond acceptors (Lipinski definition) is 5. The molecule has 3 rings (SSSR count). The molecular weight excluding hydrogens is 314 g/mol. The minimum atomic E-state index is -3.75. The van der Waals surface area contributed by atoms with Crippen molar-refractivity contribution in [1.82, 2.24) is 8.96 Å². The molecule has 1 aromatic carbocycles. The number of anilines is 1. The summed E-state index contributed by atoms with van der Waals surface area (Å²) >= 11 is 0. The first-order valence-electron chi connectivity index (χ1n) is 7.23. The van der Waals surface area contributed by atoms with Gasteiger partial charge in [0.15, 0.2) is 0 Å². The molecule has 0 bridgehead atoms. The molecule has 2 unspecified atom stereocenters. The molecule has 0 amide bonds. The van der Waals surface area contributed by atoms with Gasteiger partial charge < -0.3 is 10.5 Å². The van der Waals surface area contributed by atoms with Crippen LogP contribution in [0.4, 0.5) is 5.69 Å². The van der Waals surface area contributed by atoms with E-state index in [0.29, 0.717) is 23.3 Å². The van der Waals surface area contributed by atoms with E-state index >= 15 is 0 Å². The van der Waals surface area contributed by atoms with Crippen LogP contribution in [0.25, 0.3) is 11.0 Å². The van der Waals surface area contributed by atoms with E-state index in [1.807, 2.05) is 12.2 Å². The average Bonchev–Trinajstić information content (AvgIpc) is 2.93. The summed E-state index contributed by atoms with van der Waals surface area (Å²) in [5.41, 5.74) is 7.36. The Morgan fingerprint density at radius 3 is 2.91 bits per heavy atom. The number of benzene rings is 1. The molecule has 2 N–H and O–H groups in total. The van der Waals surface area contributed by atoms with Crippen LogP contribution in [0.5, 0.6) is 0 Å². The Bertz CT molecular complexity index is 898. The third kappa shape index (κ3) is 2.36. The highest BCUT2D eigenvalue weighted by molar-refractivity contribution is 7.91. The fourth-order valence-electron chi connectivity index (χ4n) is 2.84. The Labute approximate surface area is 135 Å². The van der Waals surface area contributed by atoms with Crippen LogP contribution in [0.3, 0.4) is 0 Å². The molecule has 2 atom stereocenters. The predicted molar refractivity (Wildman–Crippen MR) is 90.5 cm³/mol. The van der Waals surface area contributed by atoms with Crippen LogP contribution in [0.2, 0.25) is 0 Å². The molecule has 0 fully saturated rings. The Hall–Kier alpha value is -2.12. The summed E-state index contributed by atoms with van der Waals surface area (Å²) in [6, 6.07) is 5.03. The number of methoxy groups -OCH3 is 1. The number of hydrogen-bond donors (Lipinski definition) is 1. The van der Waals surface area contributed by atoms with Gasteiger partial charge in [0.25, 0.3) is 0 Å². The summed E-state index contributed by atoms with van der Waals surface area (Å²) in [6.45, 7) is 2.01. The number of aromatic nitrogens is 2. The normalized spacial score (nSPS) is 24.3. The van der Waals surface area contributed by atoms with Crippen molar-refractivity contribution in [3.05, 3.63) is 48.8 Å². The lowest BCUT2D eigenvalue weighted by Crippen LogP contribution is -2.46. The molecule has 1 heterocycles. The Kier molecular flexibility index (Phi) is 3.77. The number of nitrogens with zero attached hydrogens (tertiary/aromatic N) is 2. The van der Waals surface area contributed by atoms with Gasteiger partial charge in [0.2, 0.25) is 10.0 Å². The Morgan fingerprint density at radius 2 is 2.17 bits per heavy atom. The lowest BCUT2D eigenvalue weighted by molar-refractivity contribution is 0.159. The highest BCUT2D eigenvalue weighted by Gasteiger charge is 2.45. The van der Waals surface area contributed by atoms with Crippen molar-refractivity contribution in [2.75, 3.05) is 19.5 Å². The van der Waals surface area contributed by atoms with Crippen molar-refractivity contribution in [3.8, 4) is 0 Å². The lowest BCUT2D eigenvalue weighted by atomic mass is 9.90. The maximum Gasteiger partial charge on any atom is 0.250 e. The van der Waals surface area contributed by atoms with Crippen LogP contribution in [0.15, 0.2) is 48.8 Å². The summed E-state index contributed by atoms with van der Waals surface area (Å²) in [4.78, 5) is 4.18. The molecule has 0 aliphatic heterocycles. The monoisotopic (exact) mass is 333 g/mol. The standard InChI is InChI=1S/C16H19N3O3S/c1-16(8-4-3-5-12(16)10-22-2)23(20,21)19-11-18-14-7-6-13(17)9-15(14)19/h3-9,11-12H,10,17H2,1-2H3. The molecule has 2 aromatic rings. The Morgan fingerprint density at radius 1 is 1.39 bits per heavy atom. The number of nitrogen functional groups attached to an aromatic ring is 1. The van der Waals surface area contributed by atoms with Gasteiger partial charge in [-0.2, -0.15) is 0 Å². The molecule has 7 heteroatoms. The van der Waals surface area contributed by atoms with Crippen LogP contribution >= 0.6 is 0 Å². The molecule has 122 valence electrons. The quantitative estimate of drug-likeness (QED) is 0.864. The van der Waals surface area contributed by atoms with Gasteiger partial charge in [0.1, 0.15) is 11.1 Å². The topological polar surface area (TPSA) is 87.2 Å². The number of fused-ring (bicyclic) bond motifs is 1. The maximum absolute atomic E-state index is 13.3. The van der Waals surface area contributed by atoms with Crippen molar-refractivity contribution in [2.45, 2.75) is 11.7 Å². The van der Waals surface area contributed by atoms with Crippen LogP contribution in [-0.2, 0) is 14.8 Å². The number of ether oxygens (including phenoxy) is 1. The fourth-order valence-corrected chi connectivity index (χ4v) is 4.62. The van der Waals surface area contributed by atoms with Crippen molar-refractivity contribution in [3.63, 3.8) is 0 Å². The van der Waals surface area contributed by atoms with E-state index in [-0.39, 0.29) is 5.92 Å². The largest absolute Gasteiger partial charge is 0.399 e. The number of rotatable bonds is 4. The number of allylic oxidation sites excluding steroid dienone is 2. The minimum Gasteiger partial charge on any atom is -0.399 e. The van der Waals surface area contributed by atoms with Crippen molar-refractivity contribution < 1.29 is 13.2 Å². The molecule has 1 aromatic heterocycles. The summed E-state index contributed by atoms with van der Waals surface area (Å²) < 4.78 is 31.9. The zero-order valence-electron chi connectivity index (χ0n) is 13.0. The van der Waals surface area contributed by atoms with Gasteiger partial charge in [-0.1, -0.05) is 24.3 Å². The van der Waals surface area contributed by atoms with Gasteiger partial charge in [-0.25, -0.2) is 17.4 Å². The van der Waals surface area contributed by atoms with Crippen molar-refractivity contribution in [2.24, 2.45) is 5.92 Å². The summed E-state index contributed by atoms with van der Waals surface area (Å²) in [7, 11) is -2.19. The van der Waals surface area contributed by atoms with Crippen LogP contribution < -0.4 is 5.73 Å². The summed E-state index contributed by atoms with van der Waals surface area (Å²) in [5.74, 6) is -0.291. The van der Waals surface area contributed by atoms with Gasteiger partial charge in [-0.15, -0.1) is 0 Å². The van der Waals surface area contributed by atoms with E-state index < -0.39 is 14.8 Å². The fraction of sp³-hybridized carbons (Fsp3) is 0.312. The SMILES string of the molecule is COCC1C=CC=CC1(C)S(=O)(=O)n1cnc2ccc(N)cc21. The van der Waals surface area contributed by atoms with Crippen molar-refractivity contribution in [1.29, 1.82) is 0 Å². The van der Waals surface area contributed by atoms with E-state index in [1.165, 1.54) is 10.3 Å². The molecule has 23 heavy (non-hydrogen) atoms. The summed E-state index contributed by atoms with van der Waals surface area (Å²) in [5, 5.41) is 0. The highest BCUT2D eigenvalue weighted by Crippen LogP contribution is 2.35. The van der Waals surface area contributed by atoms with Crippen molar-refractivity contribution >= 4 is 26.7 Å². The molecule has 0 radical (unpaired) electrons. The molecule has 0 spiro atoms. The van der Waals surface area contributed by atoms with Crippen LogP contribution in [0.1, 0.15) is 6.92 Å². The van der Waals surface area contributed by atoms with Gasteiger partial charge in [0, 0.05) is 18.7 Å². The third-order valence-corrected chi connectivity index (χ3v) is 6.68. The van der Waals surface area contributed by atoms with Gasteiger partial charge in [0.05, 0.1) is 17.6 Å². The van der Waals surface area contributed by atoms with Gasteiger partial charge >= 0.3 is 0 Å². The minimum absolute atomic E-state index is 0.291. The molecular formula is C16H19N3O3S. The molecule has 0 saturated carbocycles. The van der Waals surface area contributed by atoms with E-state index in [2.05, 4.69) is 4.98 Å². The van der Waals surface area contributed by atoms with Gasteiger partial charge in [-0.3, -0.25) is 0 Å². The first-order valence-corrected chi connectivity index (χ1v) is 8.67. The smallest absolute Gasteiger partial charge is 0.250 e. The lowest BCUT2D eigenvalue weighted by Gasteiger charge is -2.34. The van der Waals surface area contributed by atoms with E-state index in [0.717, 1.165) is 0 Å². The third-order valence-electron chi connectivity index (χ3n) is 4.32. The van der Waals surface area contributed by atoms with E-state index in [4.69, 9.17) is 10.5 Å². The second kappa shape index (κ2) is 5.50. The zero-order chi connectivity index (χ0) is 16.7. The second-order valence-electron chi connectivity index (χ2n) is 5.78. The van der Waals surface area contributed by atoms with E-state index in [1.54, 1.807) is 44.4 Å². The average molecular weight is 333 g/mol. The summed E-state index contributed by atoms with van der Waals surface area (Å²) in [6.07, 6.45) is 8.47. The zero-order valence-corrected chi connectivity index (χ0v) is 13.8. The first kappa shape index (κ1) is 15.8. The molecule has 0 saturated heterocycles. The Balaban J connectivity index is 2.18. The molecule has 1 aliphatic rings. The predicted octanol–water partition coefficient (Wildman–Crippen LogP) is 1.94. The number of imidazole rings is 1. The van der Waals surface area contributed by atoms with Gasteiger partial charge in [-0.05, 0) is 25.1 Å². The first-order chi connectivity index (χ1) is 10.9. The second-order valence-corrected chi connectivity index (χ2v) is 8.01. The van der Waals surface area contributed by atoms with Crippen LogP contribution in [0, 0.1) is 5.92 Å². The molecule has 1 aliphatic carbocycles. The molecule has 6 nitrogen and oxygen atoms in total. The van der Waals surface area contributed by atoms with Crippen LogP contribution in [-0.4, -0.2) is 35.8 Å². The highest BCUT2D eigenvalue weighted by atomic mass is 32.2. The number of nitrogens with two attached hydrogens (primary N) is 1. The maximum atomic E-state index is 13.3.